The summed E-state index contributed by atoms with van der Waals surface area (Å²) in [7, 11) is 0. The number of halogens is 1. The van der Waals surface area contributed by atoms with Gasteiger partial charge in [0.2, 0.25) is 5.91 Å². The number of amides is 2. The fourth-order valence-corrected chi connectivity index (χ4v) is 3.62. The molecular weight excluding hydrogens is 372 g/mol. The standard InChI is InChI=1S/C23H19ClN2O2/c24-20-7-3-1-6-18(20)15-22(27)25-19-11-9-17(10-12-19)23(28)26-14-13-16-5-2-4-8-21(16)26/h1-12H,13-15H2,(H,25,27). The lowest BCUT2D eigenvalue weighted by molar-refractivity contribution is -0.115. The highest BCUT2D eigenvalue weighted by molar-refractivity contribution is 6.31. The average Bonchev–Trinajstić information content (AvgIpc) is 3.14. The fourth-order valence-electron chi connectivity index (χ4n) is 3.42. The van der Waals surface area contributed by atoms with E-state index in [1.54, 1.807) is 35.2 Å². The van der Waals surface area contributed by atoms with Crippen molar-refractivity contribution in [2.45, 2.75) is 12.8 Å². The van der Waals surface area contributed by atoms with E-state index in [9.17, 15) is 9.59 Å². The molecule has 1 aliphatic heterocycles. The Morgan fingerprint density at radius 3 is 2.43 bits per heavy atom. The zero-order valence-corrected chi connectivity index (χ0v) is 15.9. The Labute approximate surface area is 168 Å². The molecule has 3 aromatic rings. The number of hydrogen-bond donors (Lipinski definition) is 1. The minimum atomic E-state index is -0.152. The van der Waals surface area contributed by atoms with E-state index >= 15 is 0 Å². The maximum Gasteiger partial charge on any atom is 0.258 e. The number of fused-ring (bicyclic) bond motifs is 1. The van der Waals surface area contributed by atoms with E-state index in [0.29, 0.717) is 22.8 Å². The van der Waals surface area contributed by atoms with Gasteiger partial charge in [-0.3, -0.25) is 9.59 Å². The highest BCUT2D eigenvalue weighted by Crippen LogP contribution is 2.29. The predicted molar refractivity (Wildman–Crippen MR) is 112 cm³/mol. The minimum Gasteiger partial charge on any atom is -0.326 e. The van der Waals surface area contributed by atoms with E-state index < -0.39 is 0 Å². The van der Waals surface area contributed by atoms with Gasteiger partial charge in [-0.2, -0.15) is 0 Å². The minimum absolute atomic E-state index is 0.0288. The first-order valence-electron chi connectivity index (χ1n) is 9.15. The molecule has 1 aliphatic rings. The quantitative estimate of drug-likeness (QED) is 0.700. The molecule has 2 amide bonds. The Hall–Kier alpha value is -3.11. The molecule has 0 unspecified atom stereocenters. The van der Waals surface area contributed by atoms with Crippen LogP contribution in [0.25, 0.3) is 0 Å². The summed E-state index contributed by atoms with van der Waals surface area (Å²) in [5.41, 5.74) is 4.20. The molecule has 0 aromatic heterocycles. The van der Waals surface area contributed by atoms with E-state index in [2.05, 4.69) is 11.4 Å². The Morgan fingerprint density at radius 1 is 0.929 bits per heavy atom. The van der Waals surface area contributed by atoms with Crippen LogP contribution >= 0.6 is 11.6 Å². The topological polar surface area (TPSA) is 49.4 Å². The maximum absolute atomic E-state index is 12.8. The molecule has 3 aromatic carbocycles. The largest absolute Gasteiger partial charge is 0.326 e. The van der Waals surface area contributed by atoms with Crippen LogP contribution in [-0.4, -0.2) is 18.4 Å². The van der Waals surface area contributed by atoms with Crippen LogP contribution in [-0.2, 0) is 17.6 Å². The van der Waals surface area contributed by atoms with Crippen LogP contribution in [0.4, 0.5) is 11.4 Å². The zero-order chi connectivity index (χ0) is 19.5. The summed E-state index contributed by atoms with van der Waals surface area (Å²) in [5.74, 6) is -0.181. The van der Waals surface area contributed by atoms with Crippen LogP contribution < -0.4 is 10.2 Å². The summed E-state index contributed by atoms with van der Waals surface area (Å²) in [6, 6.07) is 22.2. The molecule has 1 heterocycles. The van der Waals surface area contributed by atoms with E-state index in [0.717, 1.165) is 17.7 Å². The molecule has 0 radical (unpaired) electrons. The van der Waals surface area contributed by atoms with Gasteiger partial charge in [-0.15, -0.1) is 0 Å². The van der Waals surface area contributed by atoms with E-state index in [4.69, 9.17) is 11.6 Å². The van der Waals surface area contributed by atoms with E-state index in [1.165, 1.54) is 5.56 Å². The first-order valence-corrected chi connectivity index (χ1v) is 9.53. The molecule has 0 atom stereocenters. The zero-order valence-electron chi connectivity index (χ0n) is 15.2. The fraction of sp³-hybridized carbons (Fsp3) is 0.130. The van der Waals surface area contributed by atoms with Gasteiger partial charge in [0.25, 0.3) is 5.91 Å². The van der Waals surface area contributed by atoms with Gasteiger partial charge >= 0.3 is 0 Å². The number of hydrogen-bond acceptors (Lipinski definition) is 2. The second kappa shape index (κ2) is 7.87. The summed E-state index contributed by atoms with van der Waals surface area (Å²) >= 11 is 6.10. The van der Waals surface area contributed by atoms with Crippen molar-refractivity contribution in [1.82, 2.24) is 0 Å². The third-order valence-corrected chi connectivity index (χ3v) is 5.23. The van der Waals surface area contributed by atoms with Gasteiger partial charge in [-0.1, -0.05) is 48.0 Å². The lowest BCUT2D eigenvalue weighted by Gasteiger charge is -2.17. The number of carbonyl (C=O) groups excluding carboxylic acids is 2. The number of carbonyl (C=O) groups is 2. The van der Waals surface area contributed by atoms with Gasteiger partial charge in [0.15, 0.2) is 0 Å². The molecule has 28 heavy (non-hydrogen) atoms. The Kier molecular flexibility index (Phi) is 5.13. The van der Waals surface area contributed by atoms with Gasteiger partial charge in [0.1, 0.15) is 0 Å². The first kappa shape index (κ1) is 18.3. The summed E-state index contributed by atoms with van der Waals surface area (Å²) < 4.78 is 0. The van der Waals surface area contributed by atoms with Crippen molar-refractivity contribution in [2.24, 2.45) is 0 Å². The van der Waals surface area contributed by atoms with Crippen LogP contribution in [0, 0.1) is 0 Å². The second-order valence-electron chi connectivity index (χ2n) is 6.73. The third kappa shape index (κ3) is 3.78. The lowest BCUT2D eigenvalue weighted by atomic mass is 10.1. The summed E-state index contributed by atoms with van der Waals surface area (Å²) in [4.78, 5) is 26.9. The SMILES string of the molecule is O=C(Cc1ccccc1Cl)Nc1ccc(C(=O)N2CCc3ccccc32)cc1. The lowest BCUT2D eigenvalue weighted by Crippen LogP contribution is -2.28. The molecule has 140 valence electrons. The van der Waals surface area contributed by atoms with Crippen molar-refractivity contribution >= 4 is 34.8 Å². The van der Waals surface area contributed by atoms with Crippen LogP contribution in [0.15, 0.2) is 72.8 Å². The maximum atomic E-state index is 12.8. The van der Waals surface area contributed by atoms with Gasteiger partial charge in [0, 0.05) is 28.5 Å². The van der Waals surface area contributed by atoms with Crippen LogP contribution in [0.1, 0.15) is 21.5 Å². The number of anilines is 2. The van der Waals surface area contributed by atoms with Crippen molar-refractivity contribution in [1.29, 1.82) is 0 Å². The Morgan fingerprint density at radius 2 is 1.64 bits per heavy atom. The molecule has 0 saturated carbocycles. The summed E-state index contributed by atoms with van der Waals surface area (Å²) in [5, 5.41) is 3.42. The molecular formula is C23H19ClN2O2. The van der Waals surface area contributed by atoms with Crippen molar-refractivity contribution in [3.05, 3.63) is 94.5 Å². The molecule has 0 aliphatic carbocycles. The number of benzene rings is 3. The number of nitrogens with zero attached hydrogens (tertiary/aromatic N) is 1. The summed E-state index contributed by atoms with van der Waals surface area (Å²) in [6.07, 6.45) is 1.07. The Balaban J connectivity index is 1.42. The molecule has 0 saturated heterocycles. The smallest absolute Gasteiger partial charge is 0.258 e. The highest BCUT2D eigenvalue weighted by Gasteiger charge is 2.25. The van der Waals surface area contributed by atoms with Crippen molar-refractivity contribution in [3.8, 4) is 0 Å². The van der Waals surface area contributed by atoms with Crippen molar-refractivity contribution in [2.75, 3.05) is 16.8 Å². The molecule has 4 rings (SSSR count). The highest BCUT2D eigenvalue weighted by atomic mass is 35.5. The normalized spacial score (nSPS) is 12.5. The molecule has 5 heteroatoms. The van der Waals surface area contributed by atoms with Gasteiger partial charge in [-0.25, -0.2) is 0 Å². The van der Waals surface area contributed by atoms with Gasteiger partial charge < -0.3 is 10.2 Å². The molecule has 0 spiro atoms. The van der Waals surface area contributed by atoms with E-state index in [1.807, 2.05) is 36.4 Å². The van der Waals surface area contributed by atoms with Crippen molar-refractivity contribution < 1.29 is 9.59 Å². The van der Waals surface area contributed by atoms with Crippen LogP contribution in [0.3, 0.4) is 0 Å². The first-order chi connectivity index (χ1) is 13.6. The number of para-hydroxylation sites is 1. The van der Waals surface area contributed by atoms with Gasteiger partial charge in [0.05, 0.1) is 6.42 Å². The third-order valence-electron chi connectivity index (χ3n) is 4.86. The van der Waals surface area contributed by atoms with Crippen LogP contribution in [0.5, 0.6) is 0 Å². The predicted octanol–water partition coefficient (Wildman–Crippen LogP) is 4.72. The van der Waals surface area contributed by atoms with E-state index in [-0.39, 0.29) is 18.2 Å². The Bertz CT molecular complexity index is 1030. The van der Waals surface area contributed by atoms with Gasteiger partial charge in [-0.05, 0) is 53.9 Å². The number of rotatable bonds is 4. The molecule has 0 fully saturated rings. The molecule has 0 bridgehead atoms. The number of nitrogens with one attached hydrogen (secondary N) is 1. The summed E-state index contributed by atoms with van der Waals surface area (Å²) in [6.45, 7) is 0.689. The molecule has 1 N–H and O–H groups in total. The second-order valence-corrected chi connectivity index (χ2v) is 7.14. The van der Waals surface area contributed by atoms with Crippen LogP contribution in [0.2, 0.25) is 5.02 Å². The van der Waals surface area contributed by atoms with Crippen molar-refractivity contribution in [3.63, 3.8) is 0 Å². The average molecular weight is 391 g/mol. The molecule has 4 nitrogen and oxygen atoms in total. The monoisotopic (exact) mass is 390 g/mol.